The average Bonchev–Trinajstić information content (AvgIpc) is 2.49. The summed E-state index contributed by atoms with van der Waals surface area (Å²) in [5.74, 6) is -0.272. The van der Waals surface area contributed by atoms with Gasteiger partial charge in [-0.05, 0) is 29.5 Å². The zero-order chi connectivity index (χ0) is 16.8. The summed E-state index contributed by atoms with van der Waals surface area (Å²) >= 11 is 0. The molecule has 0 aliphatic carbocycles. The quantitative estimate of drug-likeness (QED) is 0.878. The number of hydrogen-bond donors (Lipinski definition) is 1. The van der Waals surface area contributed by atoms with E-state index < -0.39 is 0 Å². The first kappa shape index (κ1) is 18.2. The molecular weight excluding hydrogens is 276 g/mol. The van der Waals surface area contributed by atoms with Crippen LogP contribution >= 0.6 is 0 Å². The zero-order valence-electron chi connectivity index (χ0n) is 14.4. The molecule has 4 nitrogen and oxygen atoms in total. The minimum Gasteiger partial charge on any atom is -0.344 e. The van der Waals surface area contributed by atoms with E-state index in [1.54, 1.807) is 24.1 Å². The first-order chi connectivity index (χ1) is 10.3. The summed E-state index contributed by atoms with van der Waals surface area (Å²) in [6, 6.07) is 7.54. The van der Waals surface area contributed by atoms with Crippen LogP contribution in [0.15, 0.2) is 24.3 Å². The van der Waals surface area contributed by atoms with Gasteiger partial charge < -0.3 is 10.2 Å². The van der Waals surface area contributed by atoms with Gasteiger partial charge in [0.25, 0.3) is 5.91 Å². The molecule has 0 unspecified atom stereocenters. The van der Waals surface area contributed by atoms with Crippen molar-refractivity contribution in [2.24, 2.45) is 0 Å². The first-order valence-electron chi connectivity index (χ1n) is 7.88. The van der Waals surface area contributed by atoms with E-state index in [2.05, 4.69) is 33.0 Å². The van der Waals surface area contributed by atoms with E-state index in [-0.39, 0.29) is 23.8 Å². The lowest BCUT2D eigenvalue weighted by Gasteiger charge is -2.19. The van der Waals surface area contributed by atoms with Gasteiger partial charge in [0.15, 0.2) is 0 Å². The number of carbonyl (C=O) groups excluding carboxylic acids is 2. The van der Waals surface area contributed by atoms with E-state index >= 15 is 0 Å². The van der Waals surface area contributed by atoms with Gasteiger partial charge in [-0.1, -0.05) is 46.2 Å². The summed E-state index contributed by atoms with van der Waals surface area (Å²) in [4.78, 5) is 25.6. The van der Waals surface area contributed by atoms with Crippen molar-refractivity contribution >= 4 is 11.8 Å². The fraction of sp³-hybridized carbons (Fsp3) is 0.556. The maximum atomic E-state index is 12.1. The number of nitrogens with one attached hydrogen (secondary N) is 1. The minimum absolute atomic E-state index is 0.0417. The van der Waals surface area contributed by atoms with E-state index in [0.29, 0.717) is 5.56 Å². The molecule has 122 valence electrons. The summed E-state index contributed by atoms with van der Waals surface area (Å²) in [6.07, 6.45) is 2.02. The molecule has 0 radical (unpaired) electrons. The van der Waals surface area contributed by atoms with Crippen molar-refractivity contribution < 1.29 is 9.59 Å². The Labute approximate surface area is 133 Å². The highest BCUT2D eigenvalue weighted by atomic mass is 16.2. The van der Waals surface area contributed by atoms with Gasteiger partial charge in [-0.25, -0.2) is 0 Å². The summed E-state index contributed by atoms with van der Waals surface area (Å²) < 4.78 is 0. The molecular formula is C18H28N2O2. The molecule has 0 aromatic heterocycles. The molecule has 0 aliphatic heterocycles. The van der Waals surface area contributed by atoms with E-state index in [1.807, 2.05) is 12.1 Å². The summed E-state index contributed by atoms with van der Waals surface area (Å²) in [6.45, 7) is 9.25. The zero-order valence-corrected chi connectivity index (χ0v) is 14.4. The summed E-state index contributed by atoms with van der Waals surface area (Å²) in [7, 11) is 1.77. The molecule has 1 rings (SSSR count). The number of amides is 2. The van der Waals surface area contributed by atoms with Gasteiger partial charge in [-0.2, -0.15) is 0 Å². The summed E-state index contributed by atoms with van der Waals surface area (Å²) in [5, 5.41) is 2.68. The van der Waals surface area contributed by atoms with Crippen molar-refractivity contribution in [1.82, 2.24) is 10.2 Å². The molecule has 0 bridgehead atoms. The second-order valence-electron chi connectivity index (χ2n) is 6.68. The van der Waals surface area contributed by atoms with Crippen molar-refractivity contribution in [3.8, 4) is 0 Å². The largest absolute Gasteiger partial charge is 0.344 e. The Kier molecular flexibility index (Phi) is 6.60. The van der Waals surface area contributed by atoms with Crippen molar-refractivity contribution in [2.45, 2.75) is 46.0 Å². The molecule has 0 fully saturated rings. The smallest absolute Gasteiger partial charge is 0.251 e. The van der Waals surface area contributed by atoms with Gasteiger partial charge in [-0.15, -0.1) is 0 Å². The third-order valence-corrected chi connectivity index (χ3v) is 3.69. The SMILES string of the molecule is CCCCN(C)C(=O)CNC(=O)c1ccc(C(C)(C)C)cc1. The van der Waals surface area contributed by atoms with Crippen LogP contribution in [-0.2, 0) is 10.2 Å². The Bertz CT molecular complexity index is 501. The predicted molar refractivity (Wildman–Crippen MR) is 90.0 cm³/mol. The second-order valence-corrected chi connectivity index (χ2v) is 6.68. The number of unbranched alkanes of at least 4 members (excludes halogenated alkanes) is 1. The van der Waals surface area contributed by atoms with Crippen LogP contribution in [0.1, 0.15) is 56.5 Å². The first-order valence-corrected chi connectivity index (χ1v) is 7.88. The number of rotatable bonds is 6. The number of nitrogens with zero attached hydrogens (tertiary/aromatic N) is 1. The van der Waals surface area contributed by atoms with Crippen molar-refractivity contribution in [3.05, 3.63) is 35.4 Å². The molecule has 1 N–H and O–H groups in total. The molecule has 0 heterocycles. The number of carbonyl (C=O) groups is 2. The van der Waals surface area contributed by atoms with Crippen LogP contribution in [0.25, 0.3) is 0 Å². The maximum Gasteiger partial charge on any atom is 0.251 e. The van der Waals surface area contributed by atoms with Gasteiger partial charge in [0.1, 0.15) is 0 Å². The molecule has 2 amide bonds. The molecule has 1 aromatic rings. The predicted octanol–water partition coefficient (Wildman–Crippen LogP) is 2.97. The van der Waals surface area contributed by atoms with Gasteiger partial charge in [-0.3, -0.25) is 9.59 Å². The van der Waals surface area contributed by atoms with Crippen LogP contribution in [0, 0.1) is 0 Å². The van der Waals surface area contributed by atoms with E-state index in [4.69, 9.17) is 0 Å². The Morgan fingerprint density at radius 3 is 2.23 bits per heavy atom. The number of benzene rings is 1. The lowest BCUT2D eigenvalue weighted by atomic mass is 9.87. The summed E-state index contributed by atoms with van der Waals surface area (Å²) in [5.41, 5.74) is 1.82. The number of hydrogen-bond acceptors (Lipinski definition) is 2. The van der Waals surface area contributed by atoms with E-state index in [9.17, 15) is 9.59 Å². The van der Waals surface area contributed by atoms with Crippen LogP contribution < -0.4 is 5.32 Å². The molecule has 0 atom stereocenters. The molecule has 0 saturated carbocycles. The maximum absolute atomic E-state index is 12.1. The highest BCUT2D eigenvalue weighted by Gasteiger charge is 2.15. The minimum atomic E-state index is -0.210. The van der Waals surface area contributed by atoms with Gasteiger partial charge >= 0.3 is 0 Å². The Hall–Kier alpha value is -1.84. The highest BCUT2D eigenvalue weighted by Crippen LogP contribution is 2.22. The lowest BCUT2D eigenvalue weighted by molar-refractivity contribution is -0.128. The van der Waals surface area contributed by atoms with Crippen LogP contribution in [-0.4, -0.2) is 36.9 Å². The molecule has 0 aliphatic rings. The fourth-order valence-electron chi connectivity index (χ4n) is 2.03. The molecule has 1 aromatic carbocycles. The van der Waals surface area contributed by atoms with E-state index in [1.165, 1.54) is 5.56 Å². The standard InChI is InChI=1S/C18H28N2O2/c1-6-7-12-20(5)16(21)13-19-17(22)14-8-10-15(11-9-14)18(2,3)4/h8-11H,6-7,12-13H2,1-5H3,(H,19,22). The van der Waals surface area contributed by atoms with Crippen LogP contribution in [0.3, 0.4) is 0 Å². The van der Waals surface area contributed by atoms with E-state index in [0.717, 1.165) is 19.4 Å². The van der Waals surface area contributed by atoms with Crippen LogP contribution in [0.5, 0.6) is 0 Å². The van der Waals surface area contributed by atoms with Crippen molar-refractivity contribution in [2.75, 3.05) is 20.1 Å². The number of likely N-dealkylation sites (N-methyl/N-ethyl adjacent to an activating group) is 1. The fourth-order valence-corrected chi connectivity index (χ4v) is 2.03. The molecule has 0 spiro atoms. The Balaban J connectivity index is 2.54. The third-order valence-electron chi connectivity index (χ3n) is 3.69. The molecule has 4 heteroatoms. The lowest BCUT2D eigenvalue weighted by Crippen LogP contribution is -2.38. The van der Waals surface area contributed by atoms with Gasteiger partial charge in [0.05, 0.1) is 6.54 Å². The van der Waals surface area contributed by atoms with Crippen molar-refractivity contribution in [3.63, 3.8) is 0 Å². The molecule has 22 heavy (non-hydrogen) atoms. The monoisotopic (exact) mass is 304 g/mol. The molecule has 0 saturated heterocycles. The van der Waals surface area contributed by atoms with Crippen LogP contribution in [0.4, 0.5) is 0 Å². The van der Waals surface area contributed by atoms with Crippen molar-refractivity contribution in [1.29, 1.82) is 0 Å². The Morgan fingerprint density at radius 2 is 1.73 bits per heavy atom. The average molecular weight is 304 g/mol. The van der Waals surface area contributed by atoms with Gasteiger partial charge in [0, 0.05) is 19.2 Å². The topological polar surface area (TPSA) is 49.4 Å². The second kappa shape index (κ2) is 7.97. The highest BCUT2D eigenvalue weighted by molar-refractivity contribution is 5.96. The van der Waals surface area contributed by atoms with Gasteiger partial charge in [0.2, 0.25) is 5.91 Å². The van der Waals surface area contributed by atoms with Crippen LogP contribution in [0.2, 0.25) is 0 Å². The third kappa shape index (κ3) is 5.51. The Morgan fingerprint density at radius 1 is 1.14 bits per heavy atom. The normalized spacial score (nSPS) is 11.1.